The van der Waals surface area contributed by atoms with Crippen LogP contribution in [0.1, 0.15) is 11.1 Å². The molecule has 0 unspecified atom stereocenters. The Hall–Kier alpha value is -2.46. The van der Waals surface area contributed by atoms with Crippen molar-refractivity contribution < 1.29 is 14.6 Å². The molecule has 0 saturated carbocycles. The number of hydrogen-bond donors (Lipinski definition) is 2. The van der Waals surface area contributed by atoms with Gasteiger partial charge in [-0.05, 0) is 42.3 Å². The van der Waals surface area contributed by atoms with Crippen LogP contribution in [0.5, 0.6) is 11.5 Å². The molecule has 0 fully saturated rings. The molecule has 0 aromatic heterocycles. The normalized spacial score (nSPS) is 10.7. The fraction of sp³-hybridized carbons (Fsp3) is 0.118. The molecule has 4 nitrogen and oxygen atoms in total. The van der Waals surface area contributed by atoms with E-state index >= 15 is 0 Å². The van der Waals surface area contributed by atoms with Crippen molar-refractivity contribution in [3.05, 3.63) is 58.6 Å². The number of ether oxygens (including phenoxy) is 1. The van der Waals surface area contributed by atoms with Gasteiger partial charge >= 0.3 is 0 Å². The largest absolute Gasteiger partial charge is 0.508 e. The van der Waals surface area contributed by atoms with Gasteiger partial charge < -0.3 is 15.2 Å². The number of carbonyl (C=O) groups excluding carboxylic acids is 1. The maximum Gasteiger partial charge on any atom is 0.248 e. The summed E-state index contributed by atoms with van der Waals surface area (Å²) in [6.07, 6.45) is 3.07. The maximum absolute atomic E-state index is 12.0. The van der Waals surface area contributed by atoms with Crippen LogP contribution < -0.4 is 10.1 Å². The number of halogens is 1. The molecule has 0 spiro atoms. The SMILES string of the molecule is COc1cc(Cl)c(C)cc1NC(=O)/C=C/c1ccc(O)cc1. The minimum Gasteiger partial charge on any atom is -0.508 e. The van der Waals surface area contributed by atoms with E-state index in [0.717, 1.165) is 11.1 Å². The van der Waals surface area contributed by atoms with Gasteiger partial charge in [-0.2, -0.15) is 0 Å². The van der Waals surface area contributed by atoms with Crippen LogP contribution in [0.2, 0.25) is 5.02 Å². The summed E-state index contributed by atoms with van der Waals surface area (Å²) in [4.78, 5) is 12.0. The van der Waals surface area contributed by atoms with Crippen molar-refractivity contribution in [2.45, 2.75) is 6.92 Å². The van der Waals surface area contributed by atoms with Crippen molar-refractivity contribution in [3.8, 4) is 11.5 Å². The number of anilines is 1. The van der Waals surface area contributed by atoms with E-state index in [-0.39, 0.29) is 11.7 Å². The number of hydrogen-bond acceptors (Lipinski definition) is 3. The molecule has 2 aromatic carbocycles. The molecule has 0 saturated heterocycles. The highest BCUT2D eigenvalue weighted by Crippen LogP contribution is 2.30. The van der Waals surface area contributed by atoms with Gasteiger partial charge in [0, 0.05) is 17.2 Å². The minimum absolute atomic E-state index is 0.183. The number of methoxy groups -OCH3 is 1. The van der Waals surface area contributed by atoms with Gasteiger partial charge in [-0.15, -0.1) is 0 Å². The molecule has 114 valence electrons. The topological polar surface area (TPSA) is 58.6 Å². The zero-order chi connectivity index (χ0) is 16.1. The average Bonchev–Trinajstić information content (AvgIpc) is 2.50. The minimum atomic E-state index is -0.284. The molecule has 2 rings (SSSR count). The molecule has 22 heavy (non-hydrogen) atoms. The highest BCUT2D eigenvalue weighted by molar-refractivity contribution is 6.31. The summed E-state index contributed by atoms with van der Waals surface area (Å²) >= 11 is 6.03. The van der Waals surface area contributed by atoms with Crippen molar-refractivity contribution >= 4 is 29.3 Å². The van der Waals surface area contributed by atoms with Crippen LogP contribution in [-0.2, 0) is 4.79 Å². The Balaban J connectivity index is 2.12. The van der Waals surface area contributed by atoms with Gasteiger partial charge in [-0.25, -0.2) is 0 Å². The number of nitrogens with one attached hydrogen (secondary N) is 1. The lowest BCUT2D eigenvalue weighted by Gasteiger charge is -2.11. The van der Waals surface area contributed by atoms with Crippen molar-refractivity contribution in [1.29, 1.82) is 0 Å². The summed E-state index contributed by atoms with van der Waals surface area (Å²) in [7, 11) is 1.52. The molecule has 0 heterocycles. The highest BCUT2D eigenvalue weighted by atomic mass is 35.5. The summed E-state index contributed by atoms with van der Waals surface area (Å²) < 4.78 is 5.21. The lowest BCUT2D eigenvalue weighted by atomic mass is 10.2. The lowest BCUT2D eigenvalue weighted by Crippen LogP contribution is -2.09. The number of rotatable bonds is 4. The van der Waals surface area contributed by atoms with Crippen molar-refractivity contribution in [3.63, 3.8) is 0 Å². The first-order valence-electron chi connectivity index (χ1n) is 6.62. The van der Waals surface area contributed by atoms with E-state index in [1.165, 1.54) is 13.2 Å². The first-order valence-corrected chi connectivity index (χ1v) is 6.99. The van der Waals surface area contributed by atoms with Crippen molar-refractivity contribution in [2.24, 2.45) is 0 Å². The molecular weight excluding hydrogens is 302 g/mol. The molecule has 0 radical (unpaired) electrons. The van der Waals surface area contributed by atoms with E-state index in [1.807, 2.05) is 6.92 Å². The molecule has 0 bridgehead atoms. The van der Waals surface area contributed by atoms with Gasteiger partial charge in [0.2, 0.25) is 5.91 Å². The number of carbonyl (C=O) groups is 1. The predicted molar refractivity (Wildman–Crippen MR) is 88.5 cm³/mol. The Morgan fingerprint density at radius 1 is 1.27 bits per heavy atom. The predicted octanol–water partition coefficient (Wildman–Crippen LogP) is 4.01. The summed E-state index contributed by atoms with van der Waals surface area (Å²) in [5, 5.41) is 12.5. The number of amides is 1. The van der Waals surface area contributed by atoms with Crippen LogP contribution in [-0.4, -0.2) is 18.1 Å². The molecule has 0 aliphatic heterocycles. The summed E-state index contributed by atoms with van der Waals surface area (Å²) in [6, 6.07) is 9.97. The number of phenols is 1. The van der Waals surface area contributed by atoms with E-state index in [1.54, 1.807) is 42.5 Å². The van der Waals surface area contributed by atoms with Crippen LogP contribution >= 0.6 is 11.6 Å². The zero-order valence-electron chi connectivity index (χ0n) is 12.3. The van der Waals surface area contributed by atoms with Gasteiger partial charge in [-0.1, -0.05) is 23.7 Å². The van der Waals surface area contributed by atoms with E-state index in [0.29, 0.717) is 16.5 Å². The molecule has 2 N–H and O–H groups in total. The monoisotopic (exact) mass is 317 g/mol. The van der Waals surface area contributed by atoms with E-state index in [2.05, 4.69) is 5.32 Å². The maximum atomic E-state index is 12.0. The van der Waals surface area contributed by atoms with E-state index in [4.69, 9.17) is 16.3 Å². The first kappa shape index (κ1) is 15.9. The highest BCUT2D eigenvalue weighted by Gasteiger charge is 2.08. The third kappa shape index (κ3) is 4.02. The number of aromatic hydroxyl groups is 1. The third-order valence-corrected chi connectivity index (χ3v) is 3.47. The van der Waals surface area contributed by atoms with Gasteiger partial charge in [0.1, 0.15) is 11.5 Å². The fourth-order valence-corrected chi connectivity index (χ4v) is 2.02. The second-order valence-electron chi connectivity index (χ2n) is 4.72. The number of aryl methyl sites for hydroxylation is 1. The number of benzene rings is 2. The summed E-state index contributed by atoms with van der Waals surface area (Å²) in [6.45, 7) is 1.85. The zero-order valence-corrected chi connectivity index (χ0v) is 13.0. The quantitative estimate of drug-likeness (QED) is 0.837. The second-order valence-corrected chi connectivity index (χ2v) is 5.12. The Labute approximate surface area is 134 Å². The van der Waals surface area contributed by atoms with Crippen molar-refractivity contribution in [1.82, 2.24) is 0 Å². The van der Waals surface area contributed by atoms with E-state index in [9.17, 15) is 9.90 Å². The Morgan fingerprint density at radius 2 is 1.95 bits per heavy atom. The van der Waals surface area contributed by atoms with Gasteiger partial charge in [-0.3, -0.25) is 4.79 Å². The van der Waals surface area contributed by atoms with Crippen LogP contribution in [0.4, 0.5) is 5.69 Å². The van der Waals surface area contributed by atoms with E-state index < -0.39 is 0 Å². The Bertz CT molecular complexity index is 709. The van der Waals surface area contributed by atoms with Gasteiger partial charge in [0.25, 0.3) is 0 Å². The number of phenolic OH excluding ortho intramolecular Hbond substituents is 1. The Kier molecular flexibility index (Phi) is 5.07. The molecule has 0 aliphatic carbocycles. The van der Waals surface area contributed by atoms with Crippen LogP contribution in [0.25, 0.3) is 6.08 Å². The van der Waals surface area contributed by atoms with Crippen LogP contribution in [0.3, 0.4) is 0 Å². The molecule has 0 aliphatic rings. The second kappa shape index (κ2) is 7.00. The van der Waals surface area contributed by atoms with Crippen molar-refractivity contribution in [2.75, 3.05) is 12.4 Å². The smallest absolute Gasteiger partial charge is 0.248 e. The average molecular weight is 318 g/mol. The molecule has 5 heteroatoms. The van der Waals surface area contributed by atoms with Gasteiger partial charge in [0.05, 0.1) is 12.8 Å². The molecule has 1 amide bonds. The standard InChI is InChI=1S/C17H16ClNO3/c1-11-9-15(16(22-2)10-14(11)18)19-17(21)8-5-12-3-6-13(20)7-4-12/h3-10,20H,1-2H3,(H,19,21)/b8-5+. The first-order chi connectivity index (χ1) is 10.5. The fourth-order valence-electron chi connectivity index (χ4n) is 1.86. The summed E-state index contributed by atoms with van der Waals surface area (Å²) in [5.74, 6) is 0.401. The Morgan fingerprint density at radius 3 is 2.59 bits per heavy atom. The lowest BCUT2D eigenvalue weighted by molar-refractivity contribution is -0.111. The molecule has 0 atom stereocenters. The molecule has 2 aromatic rings. The van der Waals surface area contributed by atoms with Gasteiger partial charge in [0.15, 0.2) is 0 Å². The third-order valence-electron chi connectivity index (χ3n) is 3.06. The van der Waals surface area contributed by atoms with Crippen LogP contribution in [0.15, 0.2) is 42.5 Å². The summed E-state index contributed by atoms with van der Waals surface area (Å²) in [5.41, 5.74) is 2.22. The molecular formula is C17H16ClNO3. The van der Waals surface area contributed by atoms with Crippen LogP contribution in [0, 0.1) is 6.92 Å².